The molecule has 1 aliphatic rings. The van der Waals surface area contributed by atoms with Gasteiger partial charge in [-0.25, -0.2) is 19.5 Å². The number of hydrogen-bond acceptors (Lipinski definition) is 9. The van der Waals surface area contributed by atoms with E-state index in [-0.39, 0.29) is 5.01 Å². The minimum atomic E-state index is -0.558. The number of primary amides is 1. The number of hydrogen-bond donors (Lipinski definition) is 2. The highest BCUT2D eigenvalue weighted by atomic mass is 32.1. The molecule has 0 spiro atoms. The van der Waals surface area contributed by atoms with Crippen molar-refractivity contribution in [3.8, 4) is 11.4 Å². The summed E-state index contributed by atoms with van der Waals surface area (Å²) in [7, 11) is 0. The molecule has 33 heavy (non-hydrogen) atoms. The first-order valence-electron chi connectivity index (χ1n) is 10.8. The zero-order chi connectivity index (χ0) is 22.9. The lowest BCUT2D eigenvalue weighted by Crippen LogP contribution is -2.48. The maximum atomic E-state index is 11.4. The number of aromatic nitrogens is 5. The summed E-state index contributed by atoms with van der Waals surface area (Å²) in [5, 5.41) is 9.64. The number of nitrogens with one attached hydrogen (secondary N) is 1. The van der Waals surface area contributed by atoms with Crippen LogP contribution >= 0.6 is 11.3 Å². The van der Waals surface area contributed by atoms with Crippen LogP contribution in [0.4, 0.5) is 17.2 Å². The Morgan fingerprint density at radius 1 is 1.12 bits per heavy atom. The molecule has 0 radical (unpaired) electrons. The number of carbonyl (C=O) groups excluding carboxylic acids is 1. The molecule has 0 bridgehead atoms. The van der Waals surface area contributed by atoms with Gasteiger partial charge in [0.15, 0.2) is 16.5 Å². The standard InChI is InChI=1S/C22H25N9OS/c1-14(2)29-7-9-30(10-8-29)16-5-3-15(4-6-16)27-20-21-25-13-26-31(21)18(11-24-20)17-12-33-22(28-17)19(23)32/h3-6,11-14H,7-10H2,1-2H3,(H2,23,32)(H,24,27). The van der Waals surface area contributed by atoms with E-state index >= 15 is 0 Å². The van der Waals surface area contributed by atoms with E-state index in [2.05, 4.69) is 61.1 Å². The van der Waals surface area contributed by atoms with Gasteiger partial charge in [0.25, 0.3) is 5.91 Å². The minimum absolute atomic E-state index is 0.242. The summed E-state index contributed by atoms with van der Waals surface area (Å²) in [6.45, 7) is 8.72. The molecule has 10 nitrogen and oxygen atoms in total. The lowest BCUT2D eigenvalue weighted by atomic mass is 10.2. The SMILES string of the molecule is CC(C)N1CCN(c2ccc(Nc3ncc(-c4csc(C(N)=O)n4)n4ncnc34)cc2)CC1. The first-order valence-corrected chi connectivity index (χ1v) is 11.7. The fourth-order valence-electron chi connectivity index (χ4n) is 3.97. The largest absolute Gasteiger partial charge is 0.369 e. The second kappa shape index (κ2) is 8.75. The summed E-state index contributed by atoms with van der Waals surface area (Å²) < 4.78 is 1.65. The second-order valence-corrected chi connectivity index (χ2v) is 9.04. The number of piperazine rings is 1. The van der Waals surface area contributed by atoms with Crippen molar-refractivity contribution in [2.45, 2.75) is 19.9 Å². The maximum absolute atomic E-state index is 11.4. The number of benzene rings is 1. The van der Waals surface area contributed by atoms with Crippen LogP contribution in [0.3, 0.4) is 0 Å². The molecule has 1 aromatic carbocycles. The van der Waals surface area contributed by atoms with E-state index in [1.165, 1.54) is 23.4 Å². The van der Waals surface area contributed by atoms with E-state index in [1.54, 1.807) is 16.1 Å². The van der Waals surface area contributed by atoms with Gasteiger partial charge in [0.05, 0.1) is 6.20 Å². The van der Waals surface area contributed by atoms with Gasteiger partial charge in [-0.05, 0) is 38.1 Å². The summed E-state index contributed by atoms with van der Waals surface area (Å²) in [5.74, 6) is 0.0254. The van der Waals surface area contributed by atoms with Crippen LogP contribution < -0.4 is 16.0 Å². The number of fused-ring (bicyclic) bond motifs is 1. The second-order valence-electron chi connectivity index (χ2n) is 8.18. The van der Waals surface area contributed by atoms with E-state index in [0.29, 0.717) is 28.9 Å². The first-order chi connectivity index (χ1) is 16.0. The summed E-state index contributed by atoms with van der Waals surface area (Å²) in [4.78, 5) is 29.5. The highest BCUT2D eigenvalue weighted by Gasteiger charge is 2.19. The summed E-state index contributed by atoms with van der Waals surface area (Å²) in [5.41, 5.74) is 9.23. The third-order valence-electron chi connectivity index (χ3n) is 5.82. The predicted octanol–water partition coefficient (Wildman–Crippen LogP) is 2.62. The monoisotopic (exact) mass is 463 g/mol. The molecule has 0 saturated carbocycles. The molecule has 1 saturated heterocycles. The number of rotatable bonds is 6. The summed E-state index contributed by atoms with van der Waals surface area (Å²) >= 11 is 1.19. The van der Waals surface area contributed by atoms with Crippen LogP contribution in [0.15, 0.2) is 42.2 Å². The van der Waals surface area contributed by atoms with E-state index < -0.39 is 5.91 Å². The fourth-order valence-corrected chi connectivity index (χ4v) is 4.64. The molecule has 5 rings (SSSR count). The number of amides is 1. The van der Waals surface area contributed by atoms with E-state index in [0.717, 1.165) is 31.9 Å². The van der Waals surface area contributed by atoms with Crippen LogP contribution in [0.2, 0.25) is 0 Å². The van der Waals surface area contributed by atoms with Gasteiger partial charge in [-0.15, -0.1) is 11.3 Å². The molecule has 11 heteroatoms. The Kier molecular flexibility index (Phi) is 5.65. The normalized spacial score (nSPS) is 14.8. The van der Waals surface area contributed by atoms with Crippen molar-refractivity contribution in [1.29, 1.82) is 0 Å². The van der Waals surface area contributed by atoms with Crippen molar-refractivity contribution in [1.82, 2.24) is 29.5 Å². The Morgan fingerprint density at radius 2 is 1.88 bits per heavy atom. The van der Waals surface area contributed by atoms with Crippen LogP contribution in [0, 0.1) is 0 Å². The summed E-state index contributed by atoms with van der Waals surface area (Å²) in [6, 6.07) is 8.94. The third kappa shape index (κ3) is 4.24. The van der Waals surface area contributed by atoms with Crippen molar-refractivity contribution in [2.75, 3.05) is 36.4 Å². The van der Waals surface area contributed by atoms with Crippen LogP contribution in [-0.4, -0.2) is 67.6 Å². The molecule has 1 fully saturated rings. The fraction of sp³-hybridized carbons (Fsp3) is 0.318. The molecular formula is C22H25N9OS. The Bertz CT molecular complexity index is 1270. The lowest BCUT2D eigenvalue weighted by Gasteiger charge is -2.38. The number of nitrogens with zero attached hydrogens (tertiary/aromatic N) is 7. The quantitative estimate of drug-likeness (QED) is 0.448. The van der Waals surface area contributed by atoms with Gasteiger partial charge in [0.2, 0.25) is 0 Å². The van der Waals surface area contributed by atoms with Gasteiger partial charge in [-0.1, -0.05) is 0 Å². The van der Waals surface area contributed by atoms with Gasteiger partial charge < -0.3 is 16.0 Å². The van der Waals surface area contributed by atoms with Gasteiger partial charge in [-0.2, -0.15) is 5.10 Å². The van der Waals surface area contributed by atoms with E-state index in [1.807, 2.05) is 12.1 Å². The molecular weight excluding hydrogens is 438 g/mol. The van der Waals surface area contributed by atoms with Gasteiger partial charge in [-0.3, -0.25) is 9.69 Å². The lowest BCUT2D eigenvalue weighted by molar-refractivity contribution is 0.1000. The number of anilines is 3. The minimum Gasteiger partial charge on any atom is -0.369 e. The smallest absolute Gasteiger partial charge is 0.277 e. The Balaban J connectivity index is 1.33. The van der Waals surface area contributed by atoms with Gasteiger partial charge >= 0.3 is 0 Å². The predicted molar refractivity (Wildman–Crippen MR) is 129 cm³/mol. The Morgan fingerprint density at radius 3 is 2.55 bits per heavy atom. The highest BCUT2D eigenvalue weighted by Crippen LogP contribution is 2.27. The number of thiazole rings is 1. The molecule has 170 valence electrons. The van der Waals surface area contributed by atoms with Crippen molar-refractivity contribution in [2.24, 2.45) is 5.73 Å². The average Bonchev–Trinajstić information content (AvgIpc) is 3.51. The van der Waals surface area contributed by atoms with E-state index in [9.17, 15) is 4.79 Å². The molecule has 0 atom stereocenters. The first kappa shape index (κ1) is 21.3. The van der Waals surface area contributed by atoms with Crippen LogP contribution in [0.5, 0.6) is 0 Å². The van der Waals surface area contributed by atoms with Crippen molar-refractivity contribution >= 4 is 40.1 Å². The van der Waals surface area contributed by atoms with Crippen molar-refractivity contribution < 1.29 is 4.79 Å². The molecule has 1 amide bonds. The molecule has 1 aliphatic heterocycles. The average molecular weight is 464 g/mol. The molecule has 3 aromatic heterocycles. The molecule has 4 heterocycles. The van der Waals surface area contributed by atoms with Crippen LogP contribution in [0.25, 0.3) is 17.0 Å². The Labute approximate surface area is 195 Å². The third-order valence-corrected chi connectivity index (χ3v) is 6.68. The Hall–Kier alpha value is -3.57. The zero-order valence-corrected chi connectivity index (χ0v) is 19.3. The van der Waals surface area contributed by atoms with Gasteiger partial charge in [0.1, 0.15) is 17.7 Å². The number of carbonyl (C=O) groups is 1. The zero-order valence-electron chi connectivity index (χ0n) is 18.5. The van der Waals surface area contributed by atoms with Crippen LogP contribution in [0.1, 0.15) is 23.6 Å². The molecule has 0 unspecified atom stereocenters. The van der Waals surface area contributed by atoms with E-state index in [4.69, 9.17) is 5.73 Å². The molecule has 3 N–H and O–H groups in total. The molecule has 0 aliphatic carbocycles. The highest BCUT2D eigenvalue weighted by molar-refractivity contribution is 7.12. The summed E-state index contributed by atoms with van der Waals surface area (Å²) in [6.07, 6.45) is 3.12. The van der Waals surface area contributed by atoms with Crippen molar-refractivity contribution in [3.63, 3.8) is 0 Å². The van der Waals surface area contributed by atoms with Gasteiger partial charge in [0, 0.05) is 49.0 Å². The number of nitrogens with two attached hydrogens (primary N) is 1. The maximum Gasteiger partial charge on any atom is 0.277 e. The topological polar surface area (TPSA) is 118 Å². The molecule has 4 aromatic rings. The van der Waals surface area contributed by atoms with Crippen LogP contribution in [-0.2, 0) is 0 Å². The van der Waals surface area contributed by atoms with Crippen molar-refractivity contribution in [3.05, 3.63) is 47.2 Å².